The number of ether oxygens (including phenoxy) is 2. The van der Waals surface area contributed by atoms with Crippen LogP contribution in [0.1, 0.15) is 48.6 Å². The van der Waals surface area contributed by atoms with Crippen molar-refractivity contribution >= 4 is 35.1 Å². The standard InChI is InChI=1S/C25H26F2N4O4.C20H17F2N3O4.C18H2.C5H11NO/c26-24(27)35-21-9-5-16(6-10-21)18-12-28-25(29-13-18)30-19-7-3-17(4-8-19)22(15-32)23(34)31-11-1-2-20(33)14-31;21-19(22)29-16-7-3-12(4-8-16)14-9-23-20(24-10-14)25-15-5-1-13(2-6-15)17(11-26)18(27)28;1-3-5-7-9-11-13-15-17-18-16-14-12-10-8-6-4-2;7-5-2-1-3-6-4-5/h3-10,12-13,20,22,24,32-33H,1-2,11,14-15H2,(H,28,29,30);1-10,17,19,26H,11H2,(H,27,28)(H,23,24,25);1-2H;5-7H,1-4H2/t20-,22-;17-;;5-/m00.0/s1. The number of likely N-dealkylation sites (tertiary alicyclic amines) is 1. The summed E-state index contributed by atoms with van der Waals surface area (Å²) in [6.45, 7) is -3.82. The molecule has 0 bridgehead atoms. The number of hydrogen-bond donors (Lipinski definition) is 8. The molecule has 0 spiro atoms. The number of aliphatic carboxylic acids is 1. The van der Waals surface area contributed by atoms with E-state index in [4.69, 9.17) is 23.1 Å². The Labute approximate surface area is 512 Å². The van der Waals surface area contributed by atoms with Gasteiger partial charge in [0.15, 0.2) is 0 Å². The average molecular weight is 1210 g/mol. The Morgan fingerprint density at radius 1 is 0.551 bits per heavy atom. The summed E-state index contributed by atoms with van der Waals surface area (Å²) in [7, 11) is 0. The predicted octanol–water partition coefficient (Wildman–Crippen LogP) is 7.20. The predicted molar refractivity (Wildman–Crippen MR) is 327 cm³/mol. The van der Waals surface area contributed by atoms with Crippen molar-refractivity contribution in [2.45, 2.75) is 63.0 Å². The molecule has 2 aliphatic rings. The Morgan fingerprint density at radius 3 is 1.25 bits per heavy atom. The topological polar surface area (TPSA) is 245 Å². The molecule has 2 fully saturated rings. The van der Waals surface area contributed by atoms with Gasteiger partial charge in [0.25, 0.3) is 0 Å². The number of halogens is 4. The average Bonchev–Trinajstić information content (AvgIpc) is 2.80. The summed E-state index contributed by atoms with van der Waals surface area (Å²) in [5, 5.41) is 55.9. The fourth-order valence-electron chi connectivity index (χ4n) is 7.90. The lowest BCUT2D eigenvalue weighted by Crippen LogP contribution is -2.44. The van der Waals surface area contributed by atoms with E-state index in [-0.39, 0.29) is 36.7 Å². The third-order valence-electron chi connectivity index (χ3n) is 12.2. The van der Waals surface area contributed by atoms with Crippen LogP contribution in [0.2, 0.25) is 0 Å². The molecule has 2 aliphatic heterocycles. The number of rotatable bonds is 16. The number of carboxylic acids is 1. The zero-order valence-electron chi connectivity index (χ0n) is 47.4. The minimum Gasteiger partial charge on any atom is -0.481 e. The van der Waals surface area contributed by atoms with E-state index in [2.05, 4.69) is 140 Å². The molecule has 1 amide bonds. The van der Waals surface area contributed by atoms with E-state index in [0.29, 0.717) is 58.5 Å². The van der Waals surface area contributed by atoms with Crippen LogP contribution < -0.4 is 25.4 Å². The highest BCUT2D eigenvalue weighted by Gasteiger charge is 2.29. The highest BCUT2D eigenvalue weighted by atomic mass is 19.3. The van der Waals surface area contributed by atoms with Crippen molar-refractivity contribution in [1.29, 1.82) is 0 Å². The second-order valence-electron chi connectivity index (χ2n) is 18.3. The summed E-state index contributed by atoms with van der Waals surface area (Å²) in [6, 6.07) is 25.9. The Kier molecular flexibility index (Phi) is 29.7. The van der Waals surface area contributed by atoms with Gasteiger partial charge in [-0.2, -0.15) is 17.6 Å². The molecule has 89 heavy (non-hydrogen) atoms. The molecule has 2 aromatic heterocycles. The fourth-order valence-corrected chi connectivity index (χ4v) is 7.90. The quantitative estimate of drug-likeness (QED) is 0.0353. The number of alkyl halides is 4. The first-order chi connectivity index (χ1) is 43.2. The van der Waals surface area contributed by atoms with Gasteiger partial charge in [0, 0.05) is 66.9 Å². The van der Waals surface area contributed by atoms with E-state index < -0.39 is 43.7 Å². The number of nitrogens with one attached hydrogen (secondary N) is 3. The second kappa shape index (κ2) is 38.6. The highest BCUT2D eigenvalue weighted by Crippen LogP contribution is 2.27. The van der Waals surface area contributed by atoms with Gasteiger partial charge >= 0.3 is 19.2 Å². The van der Waals surface area contributed by atoms with Crippen LogP contribution >= 0.6 is 0 Å². The van der Waals surface area contributed by atoms with Gasteiger partial charge in [-0.1, -0.05) is 48.5 Å². The van der Waals surface area contributed by atoms with Gasteiger partial charge in [-0.3, -0.25) is 9.59 Å². The minimum absolute atomic E-state index is 0.0673. The molecule has 8 N–H and O–H groups in total. The number of carbonyl (C=O) groups excluding carboxylic acids is 1. The molecular formula is C68H56F4N8O9. The van der Waals surface area contributed by atoms with Crippen molar-refractivity contribution in [3.8, 4) is 141 Å². The number of benzene rings is 4. The summed E-state index contributed by atoms with van der Waals surface area (Å²) < 4.78 is 57.6. The fraction of sp³-hybridized carbons (Fsp3) is 0.235. The van der Waals surface area contributed by atoms with Crippen LogP contribution in [-0.2, 0) is 9.59 Å². The molecule has 0 saturated carbocycles. The van der Waals surface area contributed by atoms with Gasteiger partial charge in [0.1, 0.15) is 17.4 Å². The molecule has 8 rings (SSSR count). The number of carbonyl (C=O) groups is 2. The Bertz CT molecular complexity index is 3740. The lowest BCUT2D eigenvalue weighted by atomic mass is 9.96. The number of nitrogens with zero attached hydrogens (tertiary/aromatic N) is 5. The second-order valence-corrected chi connectivity index (χ2v) is 18.3. The number of amides is 1. The largest absolute Gasteiger partial charge is 0.481 e. The smallest absolute Gasteiger partial charge is 0.387 e. The summed E-state index contributed by atoms with van der Waals surface area (Å²) >= 11 is 0. The Hall–Kier alpha value is -11.3. The third kappa shape index (κ3) is 25.5. The van der Waals surface area contributed by atoms with Crippen molar-refractivity contribution in [1.82, 2.24) is 30.2 Å². The molecule has 4 aromatic carbocycles. The normalized spacial score (nSPS) is 13.8. The maximum absolute atomic E-state index is 12.8. The van der Waals surface area contributed by atoms with Gasteiger partial charge in [0.05, 0.1) is 31.3 Å². The first-order valence-corrected chi connectivity index (χ1v) is 26.9. The zero-order chi connectivity index (χ0) is 64.0. The monoisotopic (exact) mass is 1200 g/mol. The number of carboxylic acid groups (broad SMARTS) is 1. The van der Waals surface area contributed by atoms with Crippen LogP contribution in [-0.4, -0.2) is 127 Å². The van der Waals surface area contributed by atoms with Crippen LogP contribution in [0, 0.1) is 108 Å². The van der Waals surface area contributed by atoms with Crippen LogP contribution in [0.5, 0.6) is 11.5 Å². The number of piperidine rings is 2. The number of hydrogen-bond acceptors (Lipinski definition) is 15. The molecule has 21 heteroatoms. The van der Waals surface area contributed by atoms with Gasteiger partial charge in [0.2, 0.25) is 17.8 Å². The minimum atomic E-state index is -2.87. The summed E-state index contributed by atoms with van der Waals surface area (Å²) in [6.07, 6.45) is 19.1. The molecule has 6 aromatic rings. The molecule has 450 valence electrons. The molecule has 0 radical (unpaired) electrons. The molecule has 2 saturated heterocycles. The number of anilines is 4. The van der Waals surface area contributed by atoms with Gasteiger partial charge < -0.3 is 55.9 Å². The van der Waals surface area contributed by atoms with E-state index in [9.17, 15) is 42.5 Å². The molecule has 4 heterocycles. The van der Waals surface area contributed by atoms with E-state index in [0.717, 1.165) is 43.5 Å². The maximum atomic E-state index is 12.8. The van der Waals surface area contributed by atoms with Crippen molar-refractivity contribution in [3.05, 3.63) is 133 Å². The van der Waals surface area contributed by atoms with Gasteiger partial charge in [-0.15, -0.1) is 12.8 Å². The van der Waals surface area contributed by atoms with Crippen LogP contribution in [0.4, 0.5) is 40.8 Å². The number of aromatic nitrogens is 4. The number of aliphatic hydroxyl groups is 4. The lowest BCUT2D eigenvalue weighted by molar-refractivity contribution is -0.140. The summed E-state index contributed by atoms with van der Waals surface area (Å²) in [5.74, 6) is 36.1. The van der Waals surface area contributed by atoms with E-state index in [1.807, 2.05) is 0 Å². The number of aliphatic hydroxyl groups excluding tert-OH is 4. The van der Waals surface area contributed by atoms with Crippen molar-refractivity contribution in [2.75, 3.05) is 50.0 Å². The summed E-state index contributed by atoms with van der Waals surface area (Å²) in [5.41, 5.74) is 5.42. The SMILES string of the molecule is C#CC#CC#CC#CC#CC#CC#CC#CC#C.O=C(O)[C@@H](CO)c1ccc(Nc2ncc(-c3ccc(OC(F)F)cc3)cn2)cc1.O=C([C@@H](CO)c1ccc(Nc2ncc(-c3ccc(OC(F)F)cc3)cn2)cc1)N1CCC[C@H](O)C1.O[C@H]1CCCNC1. The lowest BCUT2D eigenvalue weighted by Gasteiger charge is -2.32. The molecule has 0 aliphatic carbocycles. The zero-order valence-corrected chi connectivity index (χ0v) is 47.4. The van der Waals surface area contributed by atoms with E-state index in [1.54, 1.807) is 102 Å². The first kappa shape index (κ1) is 68.5. The van der Waals surface area contributed by atoms with Crippen molar-refractivity contribution in [2.24, 2.45) is 0 Å². The van der Waals surface area contributed by atoms with Crippen molar-refractivity contribution < 1.29 is 62.2 Å². The molecule has 4 atom stereocenters. The van der Waals surface area contributed by atoms with Gasteiger partial charge in [-0.25, -0.2) is 19.9 Å². The molecule has 0 unspecified atom stereocenters. The molecular weight excluding hydrogens is 1150 g/mol. The van der Waals surface area contributed by atoms with Crippen LogP contribution in [0.3, 0.4) is 0 Å². The van der Waals surface area contributed by atoms with Crippen LogP contribution in [0.25, 0.3) is 22.3 Å². The van der Waals surface area contributed by atoms with Gasteiger partial charge in [-0.05, 0) is 198 Å². The van der Waals surface area contributed by atoms with E-state index in [1.165, 1.54) is 24.3 Å². The third-order valence-corrected chi connectivity index (χ3v) is 12.2. The highest BCUT2D eigenvalue weighted by molar-refractivity contribution is 5.84. The number of terminal acetylenes is 2. The summed E-state index contributed by atoms with van der Waals surface area (Å²) in [4.78, 5) is 42.6. The first-order valence-electron chi connectivity index (χ1n) is 26.9. The van der Waals surface area contributed by atoms with Crippen LogP contribution in [0.15, 0.2) is 122 Å². The van der Waals surface area contributed by atoms with E-state index >= 15 is 0 Å². The molecule has 17 nitrogen and oxygen atoms in total. The Balaban J connectivity index is 0.000000240. The maximum Gasteiger partial charge on any atom is 0.387 e. The van der Waals surface area contributed by atoms with Crippen molar-refractivity contribution in [3.63, 3.8) is 0 Å². The Morgan fingerprint density at radius 2 is 0.933 bits per heavy atom. The number of β-amino-alcohol motifs (C(OH)–C–C–N with tert-alkyl or cyclic N) is 2.